The molecule has 25 heavy (non-hydrogen) atoms. The van der Waals surface area contributed by atoms with Crippen molar-refractivity contribution in [3.05, 3.63) is 70.8 Å². The lowest BCUT2D eigenvalue weighted by molar-refractivity contribution is -0.142. The van der Waals surface area contributed by atoms with E-state index in [-0.39, 0.29) is 11.1 Å². The maximum Gasteiger partial charge on any atom is 0.320 e. The Balaban J connectivity index is 2.16. The molecule has 1 atom stereocenters. The van der Waals surface area contributed by atoms with Gasteiger partial charge in [-0.15, -0.1) is 0 Å². The number of likely N-dealkylation sites (tertiary alicyclic amines) is 1. The second-order valence-electron chi connectivity index (χ2n) is 5.97. The molecular formula is C18H15F4NO2. The van der Waals surface area contributed by atoms with Gasteiger partial charge in [0.25, 0.3) is 0 Å². The fraction of sp³-hybridized carbons (Fsp3) is 0.278. The smallest absolute Gasteiger partial charge is 0.320 e. The molecule has 0 radical (unpaired) electrons. The van der Waals surface area contributed by atoms with Gasteiger partial charge in [0.05, 0.1) is 6.04 Å². The minimum atomic E-state index is -1.10. The van der Waals surface area contributed by atoms with Crippen molar-refractivity contribution in [1.82, 2.24) is 4.90 Å². The summed E-state index contributed by atoms with van der Waals surface area (Å²) in [5.74, 6) is -4.52. The third kappa shape index (κ3) is 3.37. The lowest BCUT2D eigenvalue weighted by Gasteiger charge is -2.32. The zero-order valence-corrected chi connectivity index (χ0v) is 13.1. The SMILES string of the molecule is O=C(O)C1CCCN1C(c1ccc(F)cc1F)c1ccc(F)cc1F. The summed E-state index contributed by atoms with van der Waals surface area (Å²) < 4.78 is 55.2. The van der Waals surface area contributed by atoms with Crippen molar-refractivity contribution in [2.45, 2.75) is 24.9 Å². The van der Waals surface area contributed by atoms with Gasteiger partial charge in [-0.1, -0.05) is 12.1 Å². The zero-order valence-electron chi connectivity index (χ0n) is 13.1. The predicted molar refractivity (Wildman–Crippen MR) is 81.9 cm³/mol. The van der Waals surface area contributed by atoms with Crippen LogP contribution in [0.1, 0.15) is 30.0 Å². The van der Waals surface area contributed by atoms with E-state index in [4.69, 9.17) is 0 Å². The second kappa shape index (κ2) is 6.84. The van der Waals surface area contributed by atoms with Gasteiger partial charge >= 0.3 is 5.97 Å². The molecule has 2 aromatic carbocycles. The van der Waals surface area contributed by atoms with Gasteiger partial charge in [0.1, 0.15) is 29.3 Å². The van der Waals surface area contributed by atoms with E-state index in [2.05, 4.69) is 0 Å². The van der Waals surface area contributed by atoms with Crippen LogP contribution in [-0.2, 0) is 4.79 Å². The number of rotatable bonds is 4. The number of halogens is 4. The first-order valence-corrected chi connectivity index (χ1v) is 7.77. The number of hydrogen-bond donors (Lipinski definition) is 1. The molecule has 7 heteroatoms. The molecule has 1 saturated heterocycles. The van der Waals surface area contributed by atoms with Crippen molar-refractivity contribution in [1.29, 1.82) is 0 Å². The zero-order chi connectivity index (χ0) is 18.1. The predicted octanol–water partition coefficient (Wildman–Crippen LogP) is 3.88. The van der Waals surface area contributed by atoms with E-state index in [1.165, 1.54) is 4.90 Å². The van der Waals surface area contributed by atoms with Crippen molar-refractivity contribution in [2.75, 3.05) is 6.54 Å². The molecule has 1 aliphatic rings. The Labute approximate surface area is 141 Å². The molecule has 1 heterocycles. The summed E-state index contributed by atoms with van der Waals surface area (Å²) in [6.07, 6.45) is 0.872. The average Bonchev–Trinajstić information content (AvgIpc) is 3.01. The molecule has 3 rings (SSSR count). The summed E-state index contributed by atoms with van der Waals surface area (Å²) in [6.45, 7) is 0.301. The van der Waals surface area contributed by atoms with Gasteiger partial charge in [-0.2, -0.15) is 0 Å². The Morgan fingerprint density at radius 1 is 1.00 bits per heavy atom. The largest absolute Gasteiger partial charge is 0.480 e. The molecule has 0 spiro atoms. The van der Waals surface area contributed by atoms with Crippen molar-refractivity contribution >= 4 is 5.97 Å². The van der Waals surface area contributed by atoms with E-state index in [9.17, 15) is 27.5 Å². The number of aliphatic carboxylic acids is 1. The maximum absolute atomic E-state index is 14.4. The number of nitrogens with zero attached hydrogens (tertiary/aromatic N) is 1. The van der Waals surface area contributed by atoms with Crippen LogP contribution in [-0.4, -0.2) is 28.6 Å². The van der Waals surface area contributed by atoms with E-state index >= 15 is 0 Å². The molecule has 3 nitrogen and oxygen atoms in total. The van der Waals surface area contributed by atoms with Crippen LogP contribution in [0.4, 0.5) is 17.6 Å². The Kier molecular flexibility index (Phi) is 4.76. The van der Waals surface area contributed by atoms with Crippen LogP contribution in [0.5, 0.6) is 0 Å². The van der Waals surface area contributed by atoms with E-state index in [1.54, 1.807) is 0 Å². The lowest BCUT2D eigenvalue weighted by Crippen LogP contribution is -2.39. The molecule has 0 aromatic heterocycles. The van der Waals surface area contributed by atoms with E-state index in [0.717, 1.165) is 24.3 Å². The summed E-state index contributed by atoms with van der Waals surface area (Å²) in [7, 11) is 0. The molecule has 132 valence electrons. The van der Waals surface area contributed by atoms with Gasteiger partial charge < -0.3 is 5.11 Å². The fourth-order valence-corrected chi connectivity index (χ4v) is 3.33. The summed E-state index contributed by atoms with van der Waals surface area (Å²) in [6, 6.07) is 3.68. The summed E-state index contributed by atoms with van der Waals surface area (Å²) in [4.78, 5) is 13.0. The quantitative estimate of drug-likeness (QED) is 0.848. The standard InChI is InChI=1S/C18H15F4NO2/c19-10-3-5-12(14(21)8-10)17(13-6-4-11(20)9-15(13)22)23-7-1-2-16(23)18(24)25/h3-6,8-9,16-17H,1-2,7H2,(H,24,25). The van der Waals surface area contributed by atoms with Gasteiger partial charge in [0.2, 0.25) is 0 Å². The normalized spacial score (nSPS) is 18.0. The highest BCUT2D eigenvalue weighted by Crippen LogP contribution is 2.37. The van der Waals surface area contributed by atoms with Crippen LogP contribution < -0.4 is 0 Å². The molecule has 0 amide bonds. The summed E-state index contributed by atoms with van der Waals surface area (Å²) in [5.41, 5.74) is -0.111. The fourth-order valence-electron chi connectivity index (χ4n) is 3.33. The Bertz CT molecular complexity index is 760. The summed E-state index contributed by atoms with van der Waals surface area (Å²) >= 11 is 0. The Hall–Kier alpha value is -2.41. The molecule has 1 unspecified atom stereocenters. The van der Waals surface area contributed by atoms with Crippen molar-refractivity contribution < 1.29 is 27.5 Å². The first kappa shape index (κ1) is 17.4. The third-order valence-corrected chi connectivity index (χ3v) is 4.43. The number of carboxylic acids is 1. The van der Waals surface area contributed by atoms with Crippen LogP contribution >= 0.6 is 0 Å². The van der Waals surface area contributed by atoms with Gasteiger partial charge in [0.15, 0.2) is 0 Å². The average molecular weight is 353 g/mol. The molecule has 0 bridgehead atoms. The molecule has 1 aliphatic heterocycles. The highest BCUT2D eigenvalue weighted by molar-refractivity contribution is 5.74. The molecule has 0 aliphatic carbocycles. The third-order valence-electron chi connectivity index (χ3n) is 4.43. The highest BCUT2D eigenvalue weighted by Gasteiger charge is 2.38. The van der Waals surface area contributed by atoms with Crippen LogP contribution in [0.25, 0.3) is 0 Å². The molecular weight excluding hydrogens is 338 g/mol. The Morgan fingerprint density at radius 2 is 1.52 bits per heavy atom. The van der Waals surface area contributed by atoms with Crippen LogP contribution in [0.15, 0.2) is 36.4 Å². The first-order valence-electron chi connectivity index (χ1n) is 7.77. The minimum Gasteiger partial charge on any atom is -0.480 e. The van der Waals surface area contributed by atoms with Crippen molar-refractivity contribution in [2.24, 2.45) is 0 Å². The number of carboxylic acid groups (broad SMARTS) is 1. The second-order valence-corrected chi connectivity index (χ2v) is 5.97. The van der Waals surface area contributed by atoms with Crippen molar-refractivity contribution in [3.63, 3.8) is 0 Å². The van der Waals surface area contributed by atoms with Gasteiger partial charge in [-0.3, -0.25) is 9.69 Å². The van der Waals surface area contributed by atoms with Gasteiger partial charge in [-0.05, 0) is 25.0 Å². The number of hydrogen-bond acceptors (Lipinski definition) is 2. The number of carbonyl (C=O) groups is 1. The monoisotopic (exact) mass is 353 g/mol. The molecule has 1 fully saturated rings. The highest BCUT2D eigenvalue weighted by atomic mass is 19.1. The first-order chi connectivity index (χ1) is 11.9. The maximum atomic E-state index is 14.4. The van der Waals surface area contributed by atoms with Crippen LogP contribution in [0.2, 0.25) is 0 Å². The topological polar surface area (TPSA) is 40.5 Å². The van der Waals surface area contributed by atoms with Gasteiger partial charge in [-0.25, -0.2) is 17.6 Å². The van der Waals surface area contributed by atoms with Gasteiger partial charge in [0, 0.05) is 29.8 Å². The minimum absolute atomic E-state index is 0.0555. The van der Waals surface area contributed by atoms with Crippen LogP contribution in [0.3, 0.4) is 0 Å². The van der Waals surface area contributed by atoms with Crippen LogP contribution in [0, 0.1) is 23.3 Å². The molecule has 1 N–H and O–H groups in total. The van der Waals surface area contributed by atoms with E-state index in [1.807, 2.05) is 0 Å². The molecule has 2 aromatic rings. The Morgan fingerprint density at radius 3 is 1.96 bits per heavy atom. The van der Waals surface area contributed by atoms with E-state index < -0.39 is 41.3 Å². The van der Waals surface area contributed by atoms with Crippen molar-refractivity contribution in [3.8, 4) is 0 Å². The lowest BCUT2D eigenvalue weighted by atomic mass is 9.95. The summed E-state index contributed by atoms with van der Waals surface area (Å²) in [5, 5.41) is 9.40. The van der Waals surface area contributed by atoms with E-state index in [0.29, 0.717) is 31.5 Å². The number of benzene rings is 2. The molecule has 0 saturated carbocycles.